The van der Waals surface area contributed by atoms with Gasteiger partial charge in [0.05, 0.1) is 13.8 Å². The maximum Gasteiger partial charge on any atom is 0.144 e. The predicted octanol–water partition coefficient (Wildman–Crippen LogP) is 9.11. The van der Waals surface area contributed by atoms with Gasteiger partial charge in [0.15, 0.2) is 0 Å². The van der Waals surface area contributed by atoms with E-state index in [1.807, 2.05) is 12.3 Å². The number of benzene rings is 3. The molecule has 0 saturated heterocycles. The standard InChI is InChI=1S/C32H35NOSi/c1-20(2)24-12-10-13-25(21(3)4)31(24)22-15-16-33-29(17-22)28-19-23(35(5,6)7)18-27-26-11-8-9-14-30(26)34-32(27)28/h8-21H,1-7H3. The van der Waals surface area contributed by atoms with Crippen LogP contribution >= 0.6 is 0 Å². The van der Waals surface area contributed by atoms with Crippen molar-refractivity contribution in [2.75, 3.05) is 0 Å². The largest absolute Gasteiger partial charge is 0.455 e. The summed E-state index contributed by atoms with van der Waals surface area (Å²) in [6.45, 7) is 16.3. The Hall–Kier alpha value is -3.17. The SMILES string of the molecule is CC(C)c1cccc(C(C)C)c1-c1ccnc(-c2cc([Si](C)(C)C)cc3c2oc2ccccc23)c1. The molecule has 178 valence electrons. The van der Waals surface area contributed by atoms with Gasteiger partial charge in [-0.05, 0) is 58.4 Å². The number of hydrogen-bond acceptors (Lipinski definition) is 2. The first-order valence-electron chi connectivity index (χ1n) is 12.7. The van der Waals surface area contributed by atoms with Crippen molar-refractivity contribution in [3.8, 4) is 22.4 Å². The minimum absolute atomic E-state index is 0.442. The minimum Gasteiger partial charge on any atom is -0.455 e. The van der Waals surface area contributed by atoms with Crippen LogP contribution in [0.15, 0.2) is 77.3 Å². The van der Waals surface area contributed by atoms with Crippen LogP contribution in [0.3, 0.4) is 0 Å². The van der Waals surface area contributed by atoms with Gasteiger partial charge in [-0.25, -0.2) is 0 Å². The molecule has 2 nitrogen and oxygen atoms in total. The Morgan fingerprint density at radius 1 is 0.743 bits per heavy atom. The zero-order valence-corrected chi connectivity index (χ0v) is 22.9. The van der Waals surface area contributed by atoms with Crippen LogP contribution < -0.4 is 5.19 Å². The molecular weight excluding hydrogens is 442 g/mol. The highest BCUT2D eigenvalue weighted by molar-refractivity contribution is 6.89. The summed E-state index contributed by atoms with van der Waals surface area (Å²) >= 11 is 0. The zero-order chi connectivity index (χ0) is 24.9. The Labute approximate surface area is 210 Å². The molecule has 3 heteroatoms. The lowest BCUT2D eigenvalue weighted by Gasteiger charge is -2.21. The van der Waals surface area contributed by atoms with Crippen LogP contribution in [0.4, 0.5) is 0 Å². The average molecular weight is 478 g/mol. The Balaban J connectivity index is 1.80. The molecule has 0 aliphatic rings. The Morgan fingerprint density at radius 3 is 2.09 bits per heavy atom. The Kier molecular flexibility index (Phi) is 5.92. The van der Waals surface area contributed by atoms with Gasteiger partial charge in [0.2, 0.25) is 0 Å². The zero-order valence-electron chi connectivity index (χ0n) is 21.9. The van der Waals surface area contributed by atoms with E-state index in [1.165, 1.54) is 38.2 Å². The average Bonchev–Trinajstić information content (AvgIpc) is 3.21. The van der Waals surface area contributed by atoms with E-state index < -0.39 is 8.07 Å². The molecule has 0 aliphatic heterocycles. The number of fused-ring (bicyclic) bond motifs is 3. The second-order valence-electron chi connectivity index (χ2n) is 11.3. The highest BCUT2D eigenvalue weighted by Gasteiger charge is 2.23. The van der Waals surface area contributed by atoms with Crippen LogP contribution in [0.1, 0.15) is 50.7 Å². The topological polar surface area (TPSA) is 26.0 Å². The summed E-state index contributed by atoms with van der Waals surface area (Å²) in [5.74, 6) is 0.884. The van der Waals surface area contributed by atoms with Crippen molar-refractivity contribution < 1.29 is 4.42 Å². The van der Waals surface area contributed by atoms with Crippen molar-refractivity contribution in [2.24, 2.45) is 0 Å². The van der Waals surface area contributed by atoms with E-state index in [1.54, 1.807) is 0 Å². The second kappa shape index (κ2) is 8.80. The lowest BCUT2D eigenvalue weighted by Crippen LogP contribution is -2.37. The molecule has 0 bridgehead atoms. The second-order valence-corrected chi connectivity index (χ2v) is 16.4. The molecule has 0 atom stereocenters. The number of hydrogen-bond donors (Lipinski definition) is 0. The molecule has 0 N–H and O–H groups in total. The predicted molar refractivity (Wildman–Crippen MR) is 154 cm³/mol. The summed E-state index contributed by atoms with van der Waals surface area (Å²) in [7, 11) is -1.57. The smallest absolute Gasteiger partial charge is 0.144 e. The van der Waals surface area contributed by atoms with Gasteiger partial charge >= 0.3 is 0 Å². The van der Waals surface area contributed by atoms with E-state index in [2.05, 4.69) is 108 Å². The van der Waals surface area contributed by atoms with E-state index >= 15 is 0 Å². The fourth-order valence-corrected chi connectivity index (χ4v) is 6.22. The van der Waals surface area contributed by atoms with Gasteiger partial charge in [-0.1, -0.05) is 95.0 Å². The number of para-hydroxylation sites is 1. The van der Waals surface area contributed by atoms with Crippen LogP contribution in [-0.4, -0.2) is 13.1 Å². The molecule has 2 heterocycles. The van der Waals surface area contributed by atoms with Gasteiger partial charge in [0.1, 0.15) is 11.2 Å². The number of pyridine rings is 1. The molecule has 35 heavy (non-hydrogen) atoms. The van der Waals surface area contributed by atoms with Gasteiger partial charge in [-0.3, -0.25) is 4.98 Å². The van der Waals surface area contributed by atoms with Crippen LogP contribution in [0.5, 0.6) is 0 Å². The highest BCUT2D eigenvalue weighted by Crippen LogP contribution is 2.39. The van der Waals surface area contributed by atoms with Gasteiger partial charge in [-0.2, -0.15) is 0 Å². The molecule has 0 saturated carbocycles. The van der Waals surface area contributed by atoms with Gasteiger partial charge in [0, 0.05) is 22.5 Å². The third-order valence-electron chi connectivity index (χ3n) is 7.04. The maximum absolute atomic E-state index is 6.45. The van der Waals surface area contributed by atoms with Gasteiger partial charge in [-0.15, -0.1) is 0 Å². The fourth-order valence-electron chi connectivity index (χ4n) is 5.07. The molecule has 0 amide bonds. The van der Waals surface area contributed by atoms with Crippen molar-refractivity contribution in [1.29, 1.82) is 0 Å². The summed E-state index contributed by atoms with van der Waals surface area (Å²) in [6.07, 6.45) is 1.96. The molecule has 5 aromatic rings. The lowest BCUT2D eigenvalue weighted by molar-refractivity contribution is 0.670. The summed E-state index contributed by atoms with van der Waals surface area (Å²) in [4.78, 5) is 4.88. The highest BCUT2D eigenvalue weighted by atomic mass is 28.3. The quantitative estimate of drug-likeness (QED) is 0.236. The van der Waals surface area contributed by atoms with Crippen molar-refractivity contribution in [1.82, 2.24) is 4.98 Å². The number of furan rings is 1. The van der Waals surface area contributed by atoms with Crippen LogP contribution in [0.2, 0.25) is 19.6 Å². The number of aromatic nitrogens is 1. The van der Waals surface area contributed by atoms with Crippen LogP contribution in [-0.2, 0) is 0 Å². The van der Waals surface area contributed by atoms with Gasteiger partial charge in [0.25, 0.3) is 0 Å². The first-order valence-corrected chi connectivity index (χ1v) is 16.2. The van der Waals surface area contributed by atoms with E-state index in [0.29, 0.717) is 11.8 Å². The number of rotatable bonds is 5. The summed E-state index contributed by atoms with van der Waals surface area (Å²) in [5, 5.41) is 3.78. The van der Waals surface area contributed by atoms with Crippen molar-refractivity contribution in [2.45, 2.75) is 59.2 Å². The molecule has 3 aromatic carbocycles. The molecule has 0 aliphatic carbocycles. The van der Waals surface area contributed by atoms with E-state index in [0.717, 1.165) is 22.4 Å². The summed E-state index contributed by atoms with van der Waals surface area (Å²) < 4.78 is 6.45. The molecule has 0 spiro atoms. The van der Waals surface area contributed by atoms with Crippen molar-refractivity contribution in [3.63, 3.8) is 0 Å². The lowest BCUT2D eigenvalue weighted by atomic mass is 9.85. The molecule has 0 fully saturated rings. The third-order valence-corrected chi connectivity index (χ3v) is 9.06. The normalized spacial score (nSPS) is 12.4. The van der Waals surface area contributed by atoms with E-state index in [9.17, 15) is 0 Å². The molecule has 5 rings (SSSR count). The van der Waals surface area contributed by atoms with Crippen molar-refractivity contribution in [3.05, 3.63) is 84.1 Å². The van der Waals surface area contributed by atoms with E-state index in [-0.39, 0.29) is 0 Å². The first kappa shape index (κ1) is 23.6. The van der Waals surface area contributed by atoms with E-state index in [4.69, 9.17) is 9.40 Å². The summed E-state index contributed by atoms with van der Waals surface area (Å²) in [6, 6.07) is 24.2. The van der Waals surface area contributed by atoms with Gasteiger partial charge < -0.3 is 4.42 Å². The molecule has 0 unspecified atom stereocenters. The number of nitrogens with zero attached hydrogens (tertiary/aromatic N) is 1. The van der Waals surface area contributed by atoms with Crippen LogP contribution in [0.25, 0.3) is 44.3 Å². The third kappa shape index (κ3) is 4.23. The fraction of sp³-hybridized carbons (Fsp3) is 0.281. The van der Waals surface area contributed by atoms with Crippen molar-refractivity contribution >= 4 is 35.2 Å². The molecule has 2 aromatic heterocycles. The summed E-state index contributed by atoms with van der Waals surface area (Å²) in [5.41, 5.74) is 9.27. The molecule has 0 radical (unpaired) electrons. The minimum atomic E-state index is -1.57. The Bertz CT molecular complexity index is 1510. The van der Waals surface area contributed by atoms with Crippen LogP contribution in [0, 0.1) is 0 Å². The first-order chi connectivity index (χ1) is 16.6. The Morgan fingerprint density at radius 2 is 1.43 bits per heavy atom. The monoisotopic (exact) mass is 477 g/mol. The molecular formula is C32H35NOSi. The maximum atomic E-state index is 6.45.